The van der Waals surface area contributed by atoms with Gasteiger partial charge in [0.25, 0.3) is 0 Å². The Balaban J connectivity index is 1.60. The van der Waals surface area contributed by atoms with Gasteiger partial charge in [0.15, 0.2) is 11.5 Å². The van der Waals surface area contributed by atoms with Crippen LogP contribution in [-0.4, -0.2) is 20.2 Å². The smallest absolute Gasteiger partial charge is 0.344 e. The highest BCUT2D eigenvalue weighted by molar-refractivity contribution is 5.92. The number of fused-ring (bicyclic) bond motifs is 1. The zero-order chi connectivity index (χ0) is 24.5. The second-order valence-corrected chi connectivity index (χ2v) is 8.93. The molecule has 0 aliphatic heterocycles. The maximum absolute atomic E-state index is 12.7. The van der Waals surface area contributed by atoms with Crippen molar-refractivity contribution in [2.45, 2.75) is 26.2 Å². The first-order chi connectivity index (χ1) is 16.2. The summed E-state index contributed by atoms with van der Waals surface area (Å²) in [5.74, 6) is 0.886. The third-order valence-electron chi connectivity index (χ3n) is 5.60. The summed E-state index contributed by atoms with van der Waals surface area (Å²) in [4.78, 5) is 25.3. The summed E-state index contributed by atoms with van der Waals surface area (Å²) in [5.41, 5.74) is 2.40. The van der Waals surface area contributed by atoms with Crippen LogP contribution in [0.2, 0.25) is 0 Å². The third kappa shape index (κ3) is 4.66. The van der Waals surface area contributed by atoms with Gasteiger partial charge in [-0.3, -0.25) is 0 Å². The van der Waals surface area contributed by atoms with E-state index in [9.17, 15) is 9.59 Å². The van der Waals surface area contributed by atoms with E-state index in [1.807, 2.05) is 12.1 Å². The highest BCUT2D eigenvalue weighted by atomic mass is 16.5. The first kappa shape index (κ1) is 23.1. The molecule has 6 nitrogen and oxygen atoms in total. The lowest BCUT2D eigenvalue weighted by Gasteiger charge is -2.18. The molecule has 3 aromatic carbocycles. The number of hydrogen-bond acceptors (Lipinski definition) is 6. The van der Waals surface area contributed by atoms with Crippen LogP contribution < -0.4 is 19.8 Å². The third-order valence-corrected chi connectivity index (χ3v) is 5.60. The molecule has 0 unspecified atom stereocenters. The maximum atomic E-state index is 12.7. The van der Waals surface area contributed by atoms with Gasteiger partial charge in [-0.05, 0) is 59.0 Å². The van der Waals surface area contributed by atoms with Crippen LogP contribution in [0.4, 0.5) is 0 Å². The van der Waals surface area contributed by atoms with Crippen molar-refractivity contribution in [3.05, 3.63) is 88.3 Å². The Bertz CT molecular complexity index is 1410. The summed E-state index contributed by atoms with van der Waals surface area (Å²) >= 11 is 0. The molecule has 0 aliphatic carbocycles. The topological polar surface area (TPSA) is 75.0 Å². The summed E-state index contributed by atoms with van der Waals surface area (Å²) in [7, 11) is 3.08. The Labute approximate surface area is 197 Å². The van der Waals surface area contributed by atoms with Crippen LogP contribution in [0.1, 0.15) is 36.7 Å². The second kappa shape index (κ2) is 9.06. The van der Waals surface area contributed by atoms with Crippen LogP contribution in [0.25, 0.3) is 22.1 Å². The fraction of sp³-hybridized carbons (Fsp3) is 0.214. The molecular formula is C28H26O6. The van der Waals surface area contributed by atoms with Crippen molar-refractivity contribution >= 4 is 16.9 Å². The molecule has 174 valence electrons. The van der Waals surface area contributed by atoms with Gasteiger partial charge in [0, 0.05) is 11.5 Å². The Kier molecular flexibility index (Phi) is 6.16. The van der Waals surface area contributed by atoms with Gasteiger partial charge in [-0.15, -0.1) is 0 Å². The fourth-order valence-electron chi connectivity index (χ4n) is 3.63. The summed E-state index contributed by atoms with van der Waals surface area (Å²) in [6, 6.07) is 19.2. The molecule has 0 fully saturated rings. The molecule has 4 rings (SSSR count). The molecule has 0 aliphatic rings. The van der Waals surface area contributed by atoms with Crippen LogP contribution >= 0.6 is 0 Å². The van der Waals surface area contributed by atoms with Crippen LogP contribution in [0.3, 0.4) is 0 Å². The quantitative estimate of drug-likeness (QED) is 0.208. The van der Waals surface area contributed by atoms with Gasteiger partial charge in [0.1, 0.15) is 11.3 Å². The Morgan fingerprint density at radius 2 is 1.53 bits per heavy atom. The maximum Gasteiger partial charge on any atom is 0.344 e. The molecule has 34 heavy (non-hydrogen) atoms. The molecule has 4 aromatic rings. The zero-order valence-corrected chi connectivity index (χ0v) is 19.8. The van der Waals surface area contributed by atoms with E-state index in [0.29, 0.717) is 44.9 Å². The molecule has 0 radical (unpaired) electrons. The van der Waals surface area contributed by atoms with E-state index in [0.717, 1.165) is 5.56 Å². The van der Waals surface area contributed by atoms with Gasteiger partial charge >= 0.3 is 11.6 Å². The molecule has 0 spiro atoms. The predicted octanol–water partition coefficient (Wildman–Crippen LogP) is 5.99. The van der Waals surface area contributed by atoms with Gasteiger partial charge < -0.3 is 18.6 Å². The highest BCUT2D eigenvalue weighted by Gasteiger charge is 2.16. The molecular weight excluding hydrogens is 432 g/mol. The number of carbonyl (C=O) groups is 1. The lowest BCUT2D eigenvalue weighted by molar-refractivity contribution is 0.0735. The molecule has 0 saturated heterocycles. The van der Waals surface area contributed by atoms with Crippen molar-refractivity contribution in [2.75, 3.05) is 14.2 Å². The van der Waals surface area contributed by atoms with E-state index in [1.54, 1.807) is 55.6 Å². The monoisotopic (exact) mass is 458 g/mol. The normalized spacial score (nSPS) is 11.3. The highest BCUT2D eigenvalue weighted by Crippen LogP contribution is 2.32. The second-order valence-electron chi connectivity index (χ2n) is 8.93. The van der Waals surface area contributed by atoms with Crippen molar-refractivity contribution in [2.24, 2.45) is 0 Å². The van der Waals surface area contributed by atoms with Crippen molar-refractivity contribution in [3.63, 3.8) is 0 Å². The molecule has 0 atom stereocenters. The van der Waals surface area contributed by atoms with E-state index >= 15 is 0 Å². The molecule has 0 saturated carbocycles. The summed E-state index contributed by atoms with van der Waals surface area (Å²) in [5, 5.41) is 0.693. The minimum atomic E-state index is -0.513. The Hall–Kier alpha value is -4.06. The lowest BCUT2D eigenvalue weighted by atomic mass is 9.87. The van der Waals surface area contributed by atoms with E-state index < -0.39 is 11.6 Å². The number of carbonyl (C=O) groups excluding carboxylic acids is 1. The standard InChI is InChI=1S/C28H26O6/c1-28(2,3)20-10-6-17(7-11-20)26(29)33-21-12-8-19-14-22(27(30)34-24(19)16-21)18-9-13-23(31-4)25(15-18)32-5/h6-16H,1-5H3. The molecule has 1 aromatic heterocycles. The number of ether oxygens (including phenoxy) is 3. The van der Waals surface area contributed by atoms with Gasteiger partial charge in [-0.2, -0.15) is 0 Å². The Morgan fingerprint density at radius 1 is 0.824 bits per heavy atom. The van der Waals surface area contributed by atoms with E-state index in [1.165, 1.54) is 13.2 Å². The van der Waals surface area contributed by atoms with Gasteiger partial charge in [0.05, 0.1) is 25.3 Å². The van der Waals surface area contributed by atoms with Crippen molar-refractivity contribution < 1.29 is 23.4 Å². The predicted molar refractivity (Wildman–Crippen MR) is 131 cm³/mol. The summed E-state index contributed by atoms with van der Waals surface area (Å²) < 4.78 is 21.6. The average Bonchev–Trinajstić information content (AvgIpc) is 2.82. The van der Waals surface area contributed by atoms with Crippen LogP contribution in [0.15, 0.2) is 75.9 Å². The van der Waals surface area contributed by atoms with Gasteiger partial charge in [-0.1, -0.05) is 39.0 Å². The minimum absolute atomic E-state index is 0.00583. The number of esters is 1. The minimum Gasteiger partial charge on any atom is -0.493 e. The van der Waals surface area contributed by atoms with Gasteiger partial charge in [-0.25, -0.2) is 9.59 Å². The average molecular weight is 459 g/mol. The molecule has 1 heterocycles. The number of rotatable bonds is 5. The first-order valence-electron chi connectivity index (χ1n) is 10.8. The molecule has 0 bridgehead atoms. The largest absolute Gasteiger partial charge is 0.493 e. The molecule has 6 heteroatoms. The molecule has 0 N–H and O–H groups in total. The fourth-order valence-corrected chi connectivity index (χ4v) is 3.63. The zero-order valence-electron chi connectivity index (χ0n) is 19.8. The van der Waals surface area contributed by atoms with Gasteiger partial charge in [0.2, 0.25) is 0 Å². The number of hydrogen-bond donors (Lipinski definition) is 0. The number of methoxy groups -OCH3 is 2. The van der Waals surface area contributed by atoms with Crippen molar-refractivity contribution in [3.8, 4) is 28.4 Å². The van der Waals surface area contributed by atoms with E-state index in [-0.39, 0.29) is 5.41 Å². The van der Waals surface area contributed by atoms with Crippen LogP contribution in [0.5, 0.6) is 17.2 Å². The van der Waals surface area contributed by atoms with Crippen LogP contribution in [-0.2, 0) is 5.41 Å². The van der Waals surface area contributed by atoms with E-state index in [2.05, 4.69) is 20.8 Å². The van der Waals surface area contributed by atoms with E-state index in [4.69, 9.17) is 18.6 Å². The SMILES string of the molecule is COc1ccc(-c2cc3ccc(OC(=O)c4ccc(C(C)(C)C)cc4)cc3oc2=O)cc1OC. The summed E-state index contributed by atoms with van der Waals surface area (Å²) in [6.45, 7) is 6.33. The van der Waals surface area contributed by atoms with Crippen molar-refractivity contribution in [1.82, 2.24) is 0 Å². The lowest BCUT2D eigenvalue weighted by Crippen LogP contribution is -2.13. The van der Waals surface area contributed by atoms with Crippen molar-refractivity contribution in [1.29, 1.82) is 0 Å². The van der Waals surface area contributed by atoms with Crippen LogP contribution in [0, 0.1) is 0 Å². The first-order valence-corrected chi connectivity index (χ1v) is 10.8. The summed E-state index contributed by atoms with van der Waals surface area (Å²) in [6.07, 6.45) is 0. The number of benzene rings is 3. The Morgan fingerprint density at radius 3 is 2.18 bits per heavy atom. The molecule has 0 amide bonds.